The third kappa shape index (κ3) is 3.37. The Labute approximate surface area is 119 Å². The molecule has 0 spiro atoms. The van der Waals surface area contributed by atoms with E-state index in [2.05, 4.69) is 20.7 Å². The van der Waals surface area contributed by atoms with Gasteiger partial charge in [-0.2, -0.15) is 0 Å². The molecule has 112 valence electrons. The van der Waals surface area contributed by atoms with Crippen molar-refractivity contribution in [2.45, 2.75) is 38.6 Å². The van der Waals surface area contributed by atoms with Crippen molar-refractivity contribution in [3.05, 3.63) is 11.9 Å². The molecule has 0 aromatic carbocycles. The molecule has 0 amide bonds. The van der Waals surface area contributed by atoms with Crippen LogP contribution in [0.3, 0.4) is 0 Å². The van der Waals surface area contributed by atoms with E-state index in [1.54, 1.807) is 0 Å². The SMILES string of the molecule is CC(C)c1c(NN)ncnc1NC1CCS(=O)(=O)CC1. The number of anilines is 2. The monoisotopic (exact) mass is 299 g/mol. The van der Waals surface area contributed by atoms with Gasteiger partial charge in [-0.3, -0.25) is 0 Å². The van der Waals surface area contributed by atoms with Gasteiger partial charge in [-0.25, -0.2) is 24.2 Å². The topological polar surface area (TPSA) is 110 Å². The first-order valence-corrected chi connectivity index (χ1v) is 8.53. The van der Waals surface area contributed by atoms with Gasteiger partial charge in [-0.1, -0.05) is 13.8 Å². The van der Waals surface area contributed by atoms with E-state index in [9.17, 15) is 8.42 Å². The molecule has 8 heteroatoms. The number of rotatable bonds is 4. The van der Waals surface area contributed by atoms with Crippen LogP contribution in [0, 0.1) is 0 Å². The molecule has 2 rings (SSSR count). The van der Waals surface area contributed by atoms with Crippen molar-refractivity contribution >= 4 is 21.5 Å². The van der Waals surface area contributed by atoms with Crippen LogP contribution < -0.4 is 16.6 Å². The van der Waals surface area contributed by atoms with Gasteiger partial charge in [0.25, 0.3) is 0 Å². The molecule has 7 nitrogen and oxygen atoms in total. The van der Waals surface area contributed by atoms with Gasteiger partial charge in [-0.05, 0) is 18.8 Å². The third-order valence-electron chi connectivity index (χ3n) is 3.49. The Hall–Kier alpha value is -1.41. The number of sulfone groups is 1. The lowest BCUT2D eigenvalue weighted by Gasteiger charge is -2.25. The number of aromatic nitrogens is 2. The van der Waals surface area contributed by atoms with Crippen molar-refractivity contribution in [2.24, 2.45) is 5.84 Å². The summed E-state index contributed by atoms with van der Waals surface area (Å²) in [6.45, 7) is 4.08. The van der Waals surface area contributed by atoms with E-state index in [-0.39, 0.29) is 23.5 Å². The first-order valence-electron chi connectivity index (χ1n) is 6.71. The van der Waals surface area contributed by atoms with E-state index in [0.29, 0.717) is 18.7 Å². The molecule has 1 fully saturated rings. The molecule has 0 radical (unpaired) electrons. The highest BCUT2D eigenvalue weighted by molar-refractivity contribution is 7.91. The quantitative estimate of drug-likeness (QED) is 0.559. The van der Waals surface area contributed by atoms with Crippen molar-refractivity contribution in [3.63, 3.8) is 0 Å². The molecule has 1 aliphatic rings. The molecule has 0 aliphatic carbocycles. The number of nitrogens with one attached hydrogen (secondary N) is 2. The lowest BCUT2D eigenvalue weighted by Crippen LogP contribution is -2.33. The Bertz CT molecular complexity index is 559. The highest BCUT2D eigenvalue weighted by Crippen LogP contribution is 2.29. The average molecular weight is 299 g/mol. The molecule has 0 bridgehead atoms. The van der Waals surface area contributed by atoms with Crippen LogP contribution in [-0.4, -0.2) is 35.9 Å². The fourth-order valence-electron chi connectivity index (χ4n) is 2.40. The molecular weight excluding hydrogens is 278 g/mol. The Balaban J connectivity index is 2.17. The van der Waals surface area contributed by atoms with Crippen LogP contribution in [0.4, 0.5) is 11.6 Å². The van der Waals surface area contributed by atoms with Gasteiger partial charge in [0.2, 0.25) is 0 Å². The Morgan fingerprint density at radius 2 is 1.85 bits per heavy atom. The van der Waals surface area contributed by atoms with Crippen LogP contribution >= 0.6 is 0 Å². The second kappa shape index (κ2) is 5.92. The minimum atomic E-state index is -2.85. The highest BCUT2D eigenvalue weighted by Gasteiger charge is 2.25. The summed E-state index contributed by atoms with van der Waals surface area (Å²) in [5.41, 5.74) is 3.50. The lowest BCUT2D eigenvalue weighted by atomic mass is 10.0. The molecule has 0 atom stereocenters. The van der Waals surface area contributed by atoms with Gasteiger partial charge in [0.15, 0.2) is 0 Å². The van der Waals surface area contributed by atoms with Crippen molar-refractivity contribution in [1.82, 2.24) is 9.97 Å². The Morgan fingerprint density at radius 1 is 1.25 bits per heavy atom. The minimum absolute atomic E-state index is 0.122. The molecule has 0 saturated carbocycles. The number of hydrogen-bond donors (Lipinski definition) is 3. The number of hydrazine groups is 1. The van der Waals surface area contributed by atoms with Gasteiger partial charge >= 0.3 is 0 Å². The number of nitrogens with zero attached hydrogens (tertiary/aromatic N) is 2. The van der Waals surface area contributed by atoms with Crippen molar-refractivity contribution in [2.75, 3.05) is 22.2 Å². The largest absolute Gasteiger partial charge is 0.367 e. The van der Waals surface area contributed by atoms with Crippen LogP contribution in [0.25, 0.3) is 0 Å². The van der Waals surface area contributed by atoms with E-state index < -0.39 is 9.84 Å². The summed E-state index contributed by atoms with van der Waals surface area (Å²) < 4.78 is 22.9. The fraction of sp³-hybridized carbons (Fsp3) is 0.667. The summed E-state index contributed by atoms with van der Waals surface area (Å²) in [6, 6.07) is 0.122. The van der Waals surface area contributed by atoms with Crippen LogP contribution in [0.2, 0.25) is 0 Å². The number of nitrogen functional groups attached to an aromatic ring is 1. The van der Waals surface area contributed by atoms with Crippen LogP contribution in [0.1, 0.15) is 38.2 Å². The first kappa shape index (κ1) is 15.0. The van der Waals surface area contributed by atoms with E-state index in [4.69, 9.17) is 5.84 Å². The first-order chi connectivity index (χ1) is 9.43. The zero-order valence-electron chi connectivity index (χ0n) is 11.8. The summed E-state index contributed by atoms with van der Waals surface area (Å²) in [7, 11) is -2.85. The molecule has 4 N–H and O–H groups in total. The third-order valence-corrected chi connectivity index (χ3v) is 5.21. The van der Waals surface area contributed by atoms with E-state index in [1.807, 2.05) is 13.8 Å². The van der Waals surface area contributed by atoms with Crippen molar-refractivity contribution in [1.29, 1.82) is 0 Å². The highest BCUT2D eigenvalue weighted by atomic mass is 32.2. The zero-order chi connectivity index (χ0) is 14.8. The smallest absolute Gasteiger partial charge is 0.150 e. The van der Waals surface area contributed by atoms with Gasteiger partial charge in [-0.15, -0.1) is 0 Å². The van der Waals surface area contributed by atoms with Gasteiger partial charge in [0, 0.05) is 11.6 Å². The molecule has 1 saturated heterocycles. The summed E-state index contributed by atoms with van der Waals surface area (Å²) in [4.78, 5) is 8.38. The van der Waals surface area contributed by atoms with Gasteiger partial charge in [0.1, 0.15) is 27.8 Å². The minimum Gasteiger partial charge on any atom is -0.367 e. The maximum atomic E-state index is 11.4. The number of nitrogens with two attached hydrogens (primary N) is 1. The van der Waals surface area contributed by atoms with Crippen molar-refractivity contribution in [3.8, 4) is 0 Å². The van der Waals surface area contributed by atoms with E-state index in [0.717, 1.165) is 11.4 Å². The van der Waals surface area contributed by atoms with E-state index >= 15 is 0 Å². The molecule has 0 unspecified atom stereocenters. The summed E-state index contributed by atoms with van der Waals surface area (Å²) >= 11 is 0. The maximum absolute atomic E-state index is 11.4. The molecule has 1 aromatic rings. The van der Waals surface area contributed by atoms with E-state index in [1.165, 1.54) is 6.33 Å². The molecule has 1 aromatic heterocycles. The fourth-order valence-corrected chi connectivity index (χ4v) is 3.89. The average Bonchev–Trinajstić information content (AvgIpc) is 2.40. The summed E-state index contributed by atoms with van der Waals surface area (Å²) in [5, 5.41) is 3.33. The normalized spacial score (nSPS) is 19.0. The molecule has 1 aliphatic heterocycles. The van der Waals surface area contributed by atoms with Gasteiger partial charge in [0.05, 0.1) is 11.5 Å². The van der Waals surface area contributed by atoms with Crippen LogP contribution in [-0.2, 0) is 9.84 Å². The molecule has 20 heavy (non-hydrogen) atoms. The summed E-state index contributed by atoms with van der Waals surface area (Å²) in [6.07, 6.45) is 2.66. The predicted octanol–water partition coefficient (Wildman–Crippen LogP) is 0.875. The summed E-state index contributed by atoms with van der Waals surface area (Å²) in [5.74, 6) is 7.47. The maximum Gasteiger partial charge on any atom is 0.150 e. The van der Waals surface area contributed by atoms with Gasteiger partial charge < -0.3 is 10.7 Å². The molecular formula is C12H21N5O2S. The lowest BCUT2D eigenvalue weighted by molar-refractivity contribution is 0.558. The molecule has 2 heterocycles. The predicted molar refractivity (Wildman–Crippen MR) is 79.2 cm³/mol. The van der Waals surface area contributed by atoms with Crippen molar-refractivity contribution < 1.29 is 8.42 Å². The Morgan fingerprint density at radius 3 is 2.40 bits per heavy atom. The zero-order valence-corrected chi connectivity index (χ0v) is 12.6. The Kier molecular flexibility index (Phi) is 4.44. The standard InChI is InChI=1S/C12H21N5O2S/c1-8(2)10-11(14-7-15-12(10)17-13)16-9-3-5-20(18,19)6-4-9/h7-9H,3-6,13H2,1-2H3,(H2,14,15,16,17). The van der Waals surface area contributed by atoms with Crippen LogP contribution in [0.5, 0.6) is 0 Å². The number of hydrogen-bond acceptors (Lipinski definition) is 7. The second-order valence-electron chi connectivity index (χ2n) is 5.35. The second-order valence-corrected chi connectivity index (χ2v) is 7.66. The van der Waals surface area contributed by atoms with Crippen LogP contribution in [0.15, 0.2) is 6.33 Å².